The van der Waals surface area contributed by atoms with E-state index in [1.54, 1.807) is 0 Å². The molecular weight excluding hydrogens is 254 g/mol. The molecular formula is C16H27NOS. The Morgan fingerprint density at radius 2 is 1.95 bits per heavy atom. The molecule has 0 saturated heterocycles. The Labute approximate surface area is 122 Å². The van der Waals surface area contributed by atoms with Crippen molar-refractivity contribution in [3.8, 4) is 5.75 Å². The van der Waals surface area contributed by atoms with E-state index in [0.29, 0.717) is 6.04 Å². The normalized spacial score (nSPS) is 12.4. The average Bonchev–Trinajstić information content (AvgIpc) is 2.46. The van der Waals surface area contributed by atoms with E-state index in [4.69, 9.17) is 4.74 Å². The molecule has 0 amide bonds. The second-order valence-electron chi connectivity index (χ2n) is 4.55. The Morgan fingerprint density at radius 1 is 1.16 bits per heavy atom. The van der Waals surface area contributed by atoms with Gasteiger partial charge in [-0.3, -0.25) is 0 Å². The molecule has 1 aromatic carbocycles. The topological polar surface area (TPSA) is 21.3 Å². The van der Waals surface area contributed by atoms with Crippen molar-refractivity contribution in [3.05, 3.63) is 29.8 Å². The number of rotatable bonds is 10. The van der Waals surface area contributed by atoms with E-state index in [1.807, 2.05) is 11.8 Å². The molecule has 1 unspecified atom stereocenters. The van der Waals surface area contributed by atoms with E-state index in [9.17, 15) is 0 Å². The highest BCUT2D eigenvalue weighted by atomic mass is 32.2. The van der Waals surface area contributed by atoms with Crippen molar-refractivity contribution in [2.24, 2.45) is 0 Å². The van der Waals surface area contributed by atoms with E-state index in [1.165, 1.54) is 5.56 Å². The van der Waals surface area contributed by atoms with Gasteiger partial charge >= 0.3 is 0 Å². The van der Waals surface area contributed by atoms with E-state index >= 15 is 0 Å². The van der Waals surface area contributed by atoms with Gasteiger partial charge in [0.25, 0.3) is 0 Å². The standard InChI is InChI=1S/C16H27NOS/c1-4-11-17-15(13-19-6-3)14-9-7-8-10-16(14)18-12-5-2/h7-10,15,17H,4-6,11-13H2,1-3H3. The first kappa shape index (κ1) is 16.4. The lowest BCUT2D eigenvalue weighted by Gasteiger charge is -2.21. The highest BCUT2D eigenvalue weighted by Crippen LogP contribution is 2.27. The second-order valence-corrected chi connectivity index (χ2v) is 5.87. The van der Waals surface area contributed by atoms with E-state index in [-0.39, 0.29) is 0 Å². The quantitative estimate of drug-likeness (QED) is 0.692. The molecule has 0 radical (unpaired) electrons. The van der Waals surface area contributed by atoms with Gasteiger partial charge in [-0.25, -0.2) is 0 Å². The number of para-hydroxylation sites is 1. The summed E-state index contributed by atoms with van der Waals surface area (Å²) in [4.78, 5) is 0. The molecule has 0 aromatic heterocycles. The summed E-state index contributed by atoms with van der Waals surface area (Å²) < 4.78 is 5.88. The SMILES string of the molecule is CCCNC(CSCC)c1ccccc1OCCC. The summed E-state index contributed by atoms with van der Waals surface area (Å²) in [5, 5.41) is 3.64. The van der Waals surface area contributed by atoms with Crippen LogP contribution in [0.4, 0.5) is 0 Å². The Bertz CT molecular complexity index is 335. The summed E-state index contributed by atoms with van der Waals surface area (Å²) in [6.07, 6.45) is 2.20. The number of thioether (sulfide) groups is 1. The van der Waals surface area contributed by atoms with E-state index < -0.39 is 0 Å². The summed E-state index contributed by atoms with van der Waals surface area (Å²) in [6, 6.07) is 8.82. The molecule has 1 rings (SSSR count). The van der Waals surface area contributed by atoms with Crippen LogP contribution >= 0.6 is 11.8 Å². The Balaban J connectivity index is 2.79. The third-order valence-electron chi connectivity index (χ3n) is 2.89. The maximum absolute atomic E-state index is 5.88. The van der Waals surface area contributed by atoms with Crippen molar-refractivity contribution in [1.82, 2.24) is 5.32 Å². The van der Waals surface area contributed by atoms with E-state index in [0.717, 1.165) is 43.2 Å². The second kappa shape index (κ2) is 10.2. The van der Waals surface area contributed by atoms with Crippen molar-refractivity contribution in [2.75, 3.05) is 24.7 Å². The lowest BCUT2D eigenvalue weighted by atomic mass is 10.1. The molecule has 108 valence electrons. The summed E-state index contributed by atoms with van der Waals surface area (Å²) in [5.74, 6) is 3.29. The van der Waals surface area contributed by atoms with Gasteiger partial charge in [0.2, 0.25) is 0 Å². The first-order chi connectivity index (χ1) is 9.33. The van der Waals surface area contributed by atoms with Crippen molar-refractivity contribution in [1.29, 1.82) is 0 Å². The summed E-state index contributed by atoms with van der Waals surface area (Å²) in [6.45, 7) is 8.40. The smallest absolute Gasteiger partial charge is 0.124 e. The van der Waals surface area contributed by atoms with Crippen LogP contribution in [0.3, 0.4) is 0 Å². The monoisotopic (exact) mass is 281 g/mol. The first-order valence-corrected chi connectivity index (χ1v) is 8.51. The average molecular weight is 281 g/mol. The van der Waals surface area contributed by atoms with Crippen LogP contribution in [0.25, 0.3) is 0 Å². The van der Waals surface area contributed by atoms with Crippen LogP contribution in [-0.4, -0.2) is 24.7 Å². The van der Waals surface area contributed by atoms with Gasteiger partial charge in [0.05, 0.1) is 6.61 Å². The van der Waals surface area contributed by atoms with Crippen molar-refractivity contribution < 1.29 is 4.74 Å². The van der Waals surface area contributed by atoms with Gasteiger partial charge in [-0.05, 0) is 31.2 Å². The zero-order valence-electron chi connectivity index (χ0n) is 12.4. The fraction of sp³-hybridized carbons (Fsp3) is 0.625. The van der Waals surface area contributed by atoms with Crippen molar-refractivity contribution >= 4 is 11.8 Å². The molecule has 0 aliphatic carbocycles. The molecule has 0 heterocycles. The van der Waals surface area contributed by atoms with E-state index in [2.05, 4.69) is 50.4 Å². The number of hydrogen-bond donors (Lipinski definition) is 1. The number of ether oxygens (including phenoxy) is 1. The fourth-order valence-electron chi connectivity index (χ4n) is 1.92. The number of nitrogens with one attached hydrogen (secondary N) is 1. The maximum atomic E-state index is 5.88. The Kier molecular flexibility index (Phi) is 8.76. The van der Waals surface area contributed by atoms with Crippen molar-refractivity contribution in [3.63, 3.8) is 0 Å². The molecule has 1 aromatic rings. The molecule has 0 fully saturated rings. The van der Waals surface area contributed by atoms with Gasteiger partial charge in [-0.1, -0.05) is 39.0 Å². The van der Waals surface area contributed by atoms with Crippen LogP contribution in [0.2, 0.25) is 0 Å². The third kappa shape index (κ3) is 5.87. The van der Waals surface area contributed by atoms with Gasteiger partial charge in [0, 0.05) is 17.4 Å². The molecule has 0 spiro atoms. The van der Waals surface area contributed by atoms with Gasteiger partial charge in [-0.15, -0.1) is 0 Å². The lowest BCUT2D eigenvalue weighted by Crippen LogP contribution is -2.24. The molecule has 0 aliphatic rings. The summed E-state index contributed by atoms with van der Waals surface area (Å²) in [5.41, 5.74) is 1.30. The summed E-state index contributed by atoms with van der Waals surface area (Å²) >= 11 is 1.98. The molecule has 0 aliphatic heterocycles. The lowest BCUT2D eigenvalue weighted by molar-refractivity contribution is 0.311. The maximum Gasteiger partial charge on any atom is 0.124 e. The third-order valence-corrected chi connectivity index (χ3v) is 3.86. The van der Waals surface area contributed by atoms with Crippen LogP contribution in [0, 0.1) is 0 Å². The highest BCUT2D eigenvalue weighted by molar-refractivity contribution is 7.99. The van der Waals surface area contributed by atoms with Crippen LogP contribution in [0.15, 0.2) is 24.3 Å². The Morgan fingerprint density at radius 3 is 2.63 bits per heavy atom. The molecule has 0 saturated carbocycles. The van der Waals surface area contributed by atoms with Gasteiger partial charge in [-0.2, -0.15) is 11.8 Å². The van der Waals surface area contributed by atoms with Crippen LogP contribution in [0.1, 0.15) is 45.2 Å². The fourth-order valence-corrected chi connectivity index (χ4v) is 2.69. The molecule has 3 heteroatoms. The predicted octanol–water partition coefficient (Wildman–Crippen LogP) is 4.27. The molecule has 0 bridgehead atoms. The predicted molar refractivity (Wildman–Crippen MR) is 86.3 cm³/mol. The molecule has 2 nitrogen and oxygen atoms in total. The summed E-state index contributed by atoms with van der Waals surface area (Å²) in [7, 11) is 0. The minimum absolute atomic E-state index is 0.387. The first-order valence-electron chi connectivity index (χ1n) is 7.36. The molecule has 1 N–H and O–H groups in total. The molecule has 1 atom stereocenters. The number of hydrogen-bond acceptors (Lipinski definition) is 3. The van der Waals surface area contributed by atoms with Crippen LogP contribution in [-0.2, 0) is 0 Å². The largest absolute Gasteiger partial charge is 0.493 e. The van der Waals surface area contributed by atoms with Gasteiger partial charge in [0.1, 0.15) is 5.75 Å². The van der Waals surface area contributed by atoms with Gasteiger partial charge < -0.3 is 10.1 Å². The van der Waals surface area contributed by atoms with Crippen molar-refractivity contribution in [2.45, 2.75) is 39.7 Å². The number of benzene rings is 1. The van der Waals surface area contributed by atoms with Crippen LogP contribution in [0.5, 0.6) is 5.75 Å². The minimum atomic E-state index is 0.387. The highest BCUT2D eigenvalue weighted by Gasteiger charge is 2.15. The zero-order chi connectivity index (χ0) is 13.9. The van der Waals surface area contributed by atoms with Gasteiger partial charge in [0.15, 0.2) is 0 Å². The zero-order valence-corrected chi connectivity index (χ0v) is 13.3. The Hall–Kier alpha value is -0.670. The minimum Gasteiger partial charge on any atom is -0.493 e. The van der Waals surface area contributed by atoms with Crippen LogP contribution < -0.4 is 10.1 Å². The molecule has 19 heavy (non-hydrogen) atoms.